The fourth-order valence-corrected chi connectivity index (χ4v) is 3.84. The molecule has 28 heavy (non-hydrogen) atoms. The smallest absolute Gasteiger partial charge is 0.265 e. The lowest BCUT2D eigenvalue weighted by atomic mass is 10.1. The number of methoxy groups -OCH3 is 2. The van der Waals surface area contributed by atoms with Crippen LogP contribution in [0, 0.1) is 0 Å². The zero-order valence-electron chi connectivity index (χ0n) is 15.5. The van der Waals surface area contributed by atoms with Gasteiger partial charge in [0.05, 0.1) is 18.9 Å². The molecule has 0 saturated carbocycles. The molecule has 8 nitrogen and oxygen atoms in total. The van der Waals surface area contributed by atoms with Crippen molar-refractivity contribution in [2.45, 2.75) is 18.1 Å². The van der Waals surface area contributed by atoms with Crippen molar-refractivity contribution in [3.63, 3.8) is 0 Å². The van der Waals surface area contributed by atoms with Crippen LogP contribution in [-0.2, 0) is 32.7 Å². The largest absolute Gasteiger partial charge is 0.380 e. The van der Waals surface area contributed by atoms with Crippen LogP contribution in [0.4, 0.5) is 5.82 Å². The molecule has 0 bridgehead atoms. The molecule has 0 unspecified atom stereocenters. The van der Waals surface area contributed by atoms with Crippen LogP contribution in [0.2, 0.25) is 0 Å². The van der Waals surface area contributed by atoms with Crippen LogP contribution in [0.5, 0.6) is 0 Å². The number of sulfonamides is 1. The topological polar surface area (TPSA) is 103 Å². The summed E-state index contributed by atoms with van der Waals surface area (Å²) in [4.78, 5) is 12.5. The van der Waals surface area contributed by atoms with Gasteiger partial charge >= 0.3 is 0 Å². The number of nitrogens with one attached hydrogen (secondary N) is 1. The van der Waals surface area contributed by atoms with Gasteiger partial charge in [-0.3, -0.25) is 14.7 Å². The molecule has 0 aliphatic carbocycles. The molecule has 1 aromatic carbocycles. The van der Waals surface area contributed by atoms with Crippen molar-refractivity contribution in [2.24, 2.45) is 0 Å². The first-order valence-electron chi connectivity index (χ1n) is 8.40. The summed E-state index contributed by atoms with van der Waals surface area (Å²) in [5, 5.41) is 0. The minimum atomic E-state index is -3.95. The number of nitrogens with zero attached hydrogens (tertiary/aromatic N) is 3. The van der Waals surface area contributed by atoms with Crippen molar-refractivity contribution >= 4 is 15.8 Å². The zero-order chi connectivity index (χ0) is 20.0. The molecule has 0 aliphatic rings. The van der Waals surface area contributed by atoms with Crippen molar-refractivity contribution in [3.8, 4) is 11.3 Å². The Kier molecular flexibility index (Phi) is 6.30. The average molecular weight is 400 g/mol. The Labute approximate surface area is 163 Å². The summed E-state index contributed by atoms with van der Waals surface area (Å²) in [5.74, 6) is 0.120. The van der Waals surface area contributed by atoms with Crippen LogP contribution in [0.3, 0.4) is 0 Å². The van der Waals surface area contributed by atoms with E-state index in [1.54, 1.807) is 19.4 Å². The van der Waals surface area contributed by atoms with Crippen LogP contribution in [0.15, 0.2) is 59.9 Å². The summed E-state index contributed by atoms with van der Waals surface area (Å²) in [6.45, 7) is 0.608. The minimum Gasteiger partial charge on any atom is -0.380 e. The molecule has 146 valence electrons. The van der Waals surface area contributed by atoms with Gasteiger partial charge in [0.15, 0.2) is 5.82 Å². The molecule has 3 aromatic rings. The van der Waals surface area contributed by atoms with Gasteiger partial charge in [-0.15, -0.1) is 0 Å². The molecule has 2 aromatic heterocycles. The lowest BCUT2D eigenvalue weighted by molar-refractivity contribution is 0.182. The van der Waals surface area contributed by atoms with Gasteiger partial charge in [-0.2, -0.15) is 0 Å². The van der Waals surface area contributed by atoms with E-state index < -0.39 is 10.0 Å². The van der Waals surface area contributed by atoms with E-state index in [1.165, 1.54) is 25.6 Å². The Hall–Kier alpha value is -2.88. The average Bonchev–Trinajstić information content (AvgIpc) is 2.70. The molecule has 0 spiro atoms. The molecule has 9 heteroatoms. The third kappa shape index (κ3) is 4.50. The van der Waals surface area contributed by atoms with Gasteiger partial charge in [0.1, 0.15) is 10.6 Å². The van der Waals surface area contributed by atoms with Crippen molar-refractivity contribution in [1.29, 1.82) is 0 Å². The maximum absolute atomic E-state index is 13.0. The first-order valence-corrected chi connectivity index (χ1v) is 9.88. The van der Waals surface area contributed by atoms with E-state index in [1.807, 2.05) is 24.3 Å². The third-order valence-electron chi connectivity index (χ3n) is 3.88. The summed E-state index contributed by atoms with van der Waals surface area (Å²) in [7, 11) is -0.831. The summed E-state index contributed by atoms with van der Waals surface area (Å²) in [6.07, 6.45) is 4.44. The summed E-state index contributed by atoms with van der Waals surface area (Å²) >= 11 is 0. The van der Waals surface area contributed by atoms with Gasteiger partial charge in [0.25, 0.3) is 10.0 Å². The fourth-order valence-electron chi connectivity index (χ4n) is 2.63. The highest BCUT2D eigenvalue weighted by Crippen LogP contribution is 2.27. The second-order valence-electron chi connectivity index (χ2n) is 5.87. The van der Waals surface area contributed by atoms with Crippen LogP contribution in [0.1, 0.15) is 11.3 Å². The predicted octanol–water partition coefficient (Wildman–Crippen LogP) is 2.63. The zero-order valence-corrected chi connectivity index (χ0v) is 16.3. The highest BCUT2D eigenvalue weighted by atomic mass is 32.2. The Morgan fingerprint density at radius 1 is 0.893 bits per heavy atom. The first-order chi connectivity index (χ1) is 13.5. The lowest BCUT2D eigenvalue weighted by Gasteiger charge is -2.13. The van der Waals surface area contributed by atoms with E-state index in [2.05, 4.69) is 19.7 Å². The molecular weight excluding hydrogens is 380 g/mol. The second-order valence-corrected chi connectivity index (χ2v) is 7.52. The van der Waals surface area contributed by atoms with Gasteiger partial charge in [-0.1, -0.05) is 24.3 Å². The summed E-state index contributed by atoms with van der Waals surface area (Å²) < 4.78 is 38.7. The van der Waals surface area contributed by atoms with Gasteiger partial charge in [-0.05, 0) is 17.7 Å². The molecule has 3 rings (SSSR count). The van der Waals surface area contributed by atoms with Crippen LogP contribution >= 0.6 is 0 Å². The molecule has 0 aliphatic heterocycles. The van der Waals surface area contributed by atoms with E-state index in [0.717, 1.165) is 5.56 Å². The number of rotatable bonds is 8. The molecule has 0 fully saturated rings. The number of pyridine rings is 1. The van der Waals surface area contributed by atoms with Crippen LogP contribution in [-0.4, -0.2) is 37.6 Å². The highest BCUT2D eigenvalue weighted by molar-refractivity contribution is 7.92. The quantitative estimate of drug-likeness (QED) is 0.620. The second kappa shape index (κ2) is 8.87. The van der Waals surface area contributed by atoms with E-state index in [0.29, 0.717) is 23.6 Å². The molecule has 1 N–H and O–H groups in total. The Bertz CT molecular complexity index is 1040. The number of ether oxygens (including phenoxy) is 2. The fraction of sp³-hybridized carbons (Fsp3) is 0.211. The standard InChI is InChI=1S/C19H20N4O4S/c1-26-12-14-5-7-15(8-6-14)18-17(4-3-9-21-18)28(24,25)23-19-16(13-27-2)20-10-11-22-19/h3-11H,12-13H2,1-2H3,(H,22,23). The number of hydrogen-bond acceptors (Lipinski definition) is 7. The first kappa shape index (κ1) is 19.9. The third-order valence-corrected chi connectivity index (χ3v) is 5.26. The van der Waals surface area contributed by atoms with Gasteiger partial charge in [-0.25, -0.2) is 13.4 Å². The Morgan fingerprint density at radius 3 is 2.32 bits per heavy atom. The van der Waals surface area contributed by atoms with Gasteiger partial charge < -0.3 is 9.47 Å². The lowest BCUT2D eigenvalue weighted by Crippen LogP contribution is -2.17. The van der Waals surface area contributed by atoms with Gasteiger partial charge in [0, 0.05) is 38.4 Å². The minimum absolute atomic E-state index is 0.0449. The molecule has 0 amide bonds. The van der Waals surface area contributed by atoms with Crippen molar-refractivity contribution in [3.05, 3.63) is 66.2 Å². The number of aromatic nitrogens is 3. The normalized spacial score (nSPS) is 11.4. The van der Waals surface area contributed by atoms with Gasteiger partial charge in [0.2, 0.25) is 0 Å². The van der Waals surface area contributed by atoms with Crippen LogP contribution in [0.25, 0.3) is 11.3 Å². The van der Waals surface area contributed by atoms with E-state index >= 15 is 0 Å². The molecule has 0 saturated heterocycles. The van der Waals surface area contributed by atoms with Crippen molar-refractivity contribution in [1.82, 2.24) is 15.0 Å². The number of anilines is 1. The maximum Gasteiger partial charge on any atom is 0.265 e. The molecule has 2 heterocycles. The summed E-state index contributed by atoms with van der Waals surface area (Å²) in [6, 6.07) is 10.4. The SMILES string of the molecule is COCc1ccc(-c2ncccc2S(=O)(=O)Nc2nccnc2COC)cc1. The van der Waals surface area contributed by atoms with E-state index in [9.17, 15) is 8.42 Å². The molecule has 0 atom stereocenters. The van der Waals surface area contributed by atoms with Crippen LogP contribution < -0.4 is 4.72 Å². The van der Waals surface area contributed by atoms with Crippen molar-refractivity contribution in [2.75, 3.05) is 18.9 Å². The van der Waals surface area contributed by atoms with E-state index in [-0.39, 0.29) is 17.3 Å². The van der Waals surface area contributed by atoms with E-state index in [4.69, 9.17) is 9.47 Å². The van der Waals surface area contributed by atoms with Crippen molar-refractivity contribution < 1.29 is 17.9 Å². The monoisotopic (exact) mass is 400 g/mol. The predicted molar refractivity (Wildman–Crippen MR) is 104 cm³/mol. The Balaban J connectivity index is 1.97. The molecular formula is C19H20N4O4S. The maximum atomic E-state index is 13.0. The highest BCUT2D eigenvalue weighted by Gasteiger charge is 2.22. The molecule has 0 radical (unpaired) electrons. The number of hydrogen-bond donors (Lipinski definition) is 1. The number of benzene rings is 1. The summed E-state index contributed by atoms with van der Waals surface area (Å²) in [5.41, 5.74) is 2.39. The Morgan fingerprint density at radius 2 is 1.61 bits per heavy atom.